The maximum Gasteiger partial charge on any atom is 0.332 e. The SMILES string of the molecule is CCCn1c(=O)[nH]c2c(c1=O)CC(c1ccc(S(=O)(=O)N3CCN(c4ccc(C)cc4)CC3)cc1)=N2.CCCn1c2c(c(=O)n(C3CC3)c1=O)CC(c1ccc(N(C)C(=O)c3ccc(C)nc3)nc1)=N2.CCCn1c2c(c(=O)n(CCC)c1=O)CC(c1cc(OCC(=O)Cc3ccc4c(c3)OCO4)nn1C)=N2. The summed E-state index contributed by atoms with van der Waals surface area (Å²) < 4.78 is 53.1. The van der Waals surface area contributed by atoms with E-state index < -0.39 is 15.7 Å². The van der Waals surface area contributed by atoms with Crippen LogP contribution in [-0.2, 0) is 73.7 Å². The number of rotatable bonds is 22. The van der Waals surface area contributed by atoms with Crippen molar-refractivity contribution in [3.63, 3.8) is 0 Å². The summed E-state index contributed by atoms with van der Waals surface area (Å²) >= 11 is 0. The number of ether oxygens (including phenoxy) is 3. The van der Waals surface area contributed by atoms with Gasteiger partial charge in [-0.25, -0.2) is 42.8 Å². The number of sulfonamides is 1. The first kappa shape index (κ1) is 73.8. The molecule has 30 heteroatoms. The monoisotopic (exact) mass is 1470 g/mol. The Morgan fingerprint density at radius 3 is 1.91 bits per heavy atom. The number of amides is 1. The number of aromatic nitrogens is 10. The molecule has 1 amide bonds. The maximum atomic E-state index is 13.3. The first-order valence-corrected chi connectivity index (χ1v) is 37.5. The Bertz CT molecular complexity index is 5540. The molecule has 29 nitrogen and oxygen atoms in total. The lowest BCUT2D eigenvalue weighted by Gasteiger charge is -2.35. The minimum atomic E-state index is -3.63. The number of Topliss-reactive ketones (excluding diaryl/α,β-unsaturated/α-hetero) is 1. The van der Waals surface area contributed by atoms with Crippen LogP contribution >= 0.6 is 0 Å². The molecule has 556 valence electrons. The molecule has 2 fully saturated rings. The van der Waals surface area contributed by atoms with Gasteiger partial charge in [-0.05, 0) is 124 Å². The fourth-order valence-electron chi connectivity index (χ4n) is 13.5. The van der Waals surface area contributed by atoms with Crippen LogP contribution in [-0.4, -0.2) is 136 Å². The molecule has 5 aliphatic heterocycles. The van der Waals surface area contributed by atoms with Crippen molar-refractivity contribution in [2.45, 2.75) is 143 Å². The Hall–Kier alpha value is -11.5. The second kappa shape index (κ2) is 31.3. The lowest BCUT2D eigenvalue weighted by atomic mass is 10.1. The van der Waals surface area contributed by atoms with Crippen LogP contribution in [0, 0.1) is 13.8 Å². The molecule has 6 aliphatic rings. The van der Waals surface area contributed by atoms with E-state index in [1.54, 1.807) is 101 Å². The largest absolute Gasteiger partial charge is 0.469 e. The van der Waals surface area contributed by atoms with Crippen LogP contribution in [0.2, 0.25) is 0 Å². The van der Waals surface area contributed by atoms with E-state index in [4.69, 9.17) is 14.2 Å². The van der Waals surface area contributed by atoms with E-state index in [1.165, 1.54) is 28.5 Å². The van der Waals surface area contributed by atoms with Gasteiger partial charge >= 0.3 is 17.1 Å². The smallest absolute Gasteiger partial charge is 0.332 e. The van der Waals surface area contributed by atoms with Crippen molar-refractivity contribution >= 4 is 67.8 Å². The van der Waals surface area contributed by atoms with Gasteiger partial charge in [0.1, 0.15) is 29.9 Å². The molecule has 15 rings (SSSR count). The van der Waals surface area contributed by atoms with Gasteiger partial charge in [-0.3, -0.25) is 66.4 Å². The number of aryl methyl sites for hydroxylation is 3. The first-order chi connectivity index (χ1) is 51.5. The van der Waals surface area contributed by atoms with E-state index in [-0.39, 0.29) is 82.2 Å². The quantitative estimate of drug-likeness (QED) is 0.0690. The molecule has 1 aliphatic carbocycles. The molecule has 0 spiro atoms. The van der Waals surface area contributed by atoms with Crippen molar-refractivity contribution in [1.82, 2.24) is 51.9 Å². The highest BCUT2D eigenvalue weighted by Crippen LogP contribution is 2.36. The zero-order valence-corrected chi connectivity index (χ0v) is 61.9. The number of anilines is 2. The van der Waals surface area contributed by atoms with Crippen LogP contribution in [0.5, 0.6) is 17.4 Å². The molecule has 6 aromatic heterocycles. The maximum absolute atomic E-state index is 13.3. The number of fused-ring (bicyclic) bond motifs is 4. The van der Waals surface area contributed by atoms with Gasteiger partial charge < -0.3 is 19.1 Å². The molecule has 1 N–H and O–H groups in total. The molecule has 107 heavy (non-hydrogen) atoms. The summed E-state index contributed by atoms with van der Waals surface area (Å²) in [6.07, 6.45) is 8.94. The number of nitrogens with zero attached hydrogens (tertiary/aromatic N) is 15. The van der Waals surface area contributed by atoms with Crippen molar-refractivity contribution in [2.24, 2.45) is 22.0 Å². The predicted octanol–water partition coefficient (Wildman–Crippen LogP) is 7.41. The Morgan fingerprint density at radius 2 is 1.24 bits per heavy atom. The summed E-state index contributed by atoms with van der Waals surface area (Å²) in [4.78, 5) is 131. The van der Waals surface area contributed by atoms with E-state index in [0.717, 1.165) is 53.8 Å². The Balaban J connectivity index is 0.000000142. The number of hydrogen-bond acceptors (Lipinski definition) is 20. The average molecular weight is 1470 g/mol. The average Bonchev–Trinajstić information content (AvgIpc) is 1.62. The number of carbonyl (C=O) groups is 2. The number of H-pyrrole nitrogens is 1. The zero-order valence-electron chi connectivity index (χ0n) is 61.0. The van der Waals surface area contributed by atoms with Crippen LogP contribution in [0.25, 0.3) is 0 Å². The molecule has 3 aromatic carbocycles. The molecule has 1 saturated heterocycles. The number of benzene rings is 3. The lowest BCUT2D eigenvalue weighted by molar-refractivity contribution is -0.120. The third kappa shape index (κ3) is 15.3. The fraction of sp³-hybridized carbons (Fsp3) is 0.377. The normalized spacial score (nSPS) is 14.8. The molecule has 9 aromatic rings. The van der Waals surface area contributed by atoms with Gasteiger partial charge in [0.25, 0.3) is 22.6 Å². The zero-order chi connectivity index (χ0) is 75.5. The van der Waals surface area contributed by atoms with Crippen LogP contribution in [0.3, 0.4) is 0 Å². The first-order valence-electron chi connectivity index (χ1n) is 36.1. The Morgan fingerprint density at radius 1 is 0.626 bits per heavy atom. The molecule has 11 heterocycles. The highest BCUT2D eigenvalue weighted by molar-refractivity contribution is 7.89. The number of carbonyl (C=O) groups excluding carboxylic acids is 2. The third-order valence-electron chi connectivity index (χ3n) is 19.4. The highest BCUT2D eigenvalue weighted by atomic mass is 32.2. The van der Waals surface area contributed by atoms with Gasteiger partial charge in [-0.1, -0.05) is 63.6 Å². The van der Waals surface area contributed by atoms with Crippen molar-refractivity contribution in [3.05, 3.63) is 228 Å². The van der Waals surface area contributed by atoms with Crippen LogP contribution in [0.1, 0.15) is 133 Å². The summed E-state index contributed by atoms with van der Waals surface area (Å²) in [7, 11) is -0.216. The molecule has 0 bridgehead atoms. The van der Waals surface area contributed by atoms with Crippen LogP contribution in [0.15, 0.2) is 158 Å². The second-order valence-electron chi connectivity index (χ2n) is 27.1. The predicted molar refractivity (Wildman–Crippen MR) is 405 cm³/mol. The fourth-order valence-corrected chi connectivity index (χ4v) is 15.0. The number of aromatic amines is 1. The summed E-state index contributed by atoms with van der Waals surface area (Å²) in [5.41, 5.74) is 8.15. The van der Waals surface area contributed by atoms with Crippen LogP contribution < -0.4 is 57.8 Å². The number of ketones is 1. The van der Waals surface area contributed by atoms with Gasteiger partial charge in [0.05, 0.1) is 50.0 Å². The van der Waals surface area contributed by atoms with Crippen molar-refractivity contribution < 1.29 is 32.2 Å². The molecule has 0 radical (unpaired) electrons. The van der Waals surface area contributed by atoms with Gasteiger partial charge in [0.2, 0.25) is 22.7 Å². The van der Waals surface area contributed by atoms with E-state index in [9.17, 15) is 46.8 Å². The third-order valence-corrected chi connectivity index (χ3v) is 21.3. The number of hydrogen-bond donors (Lipinski definition) is 1. The lowest BCUT2D eigenvalue weighted by Crippen LogP contribution is -2.48. The summed E-state index contributed by atoms with van der Waals surface area (Å²) in [6, 6.07) is 29.1. The number of nitrogens with one attached hydrogen (secondary N) is 1. The summed E-state index contributed by atoms with van der Waals surface area (Å²) in [5.74, 6) is 2.92. The molecular weight excluding hydrogens is 1390 g/mol. The van der Waals surface area contributed by atoms with Gasteiger partial charge in [0, 0.05) is 134 Å². The molecule has 0 atom stereocenters. The van der Waals surface area contributed by atoms with E-state index >= 15 is 0 Å². The van der Waals surface area contributed by atoms with Crippen molar-refractivity contribution in [3.8, 4) is 17.4 Å². The van der Waals surface area contributed by atoms with E-state index in [0.29, 0.717) is 158 Å². The van der Waals surface area contributed by atoms with Gasteiger partial charge in [-0.2, -0.15) is 4.31 Å². The van der Waals surface area contributed by atoms with E-state index in [2.05, 4.69) is 64.2 Å². The molecular formula is C77H84N16O13S. The molecule has 0 unspecified atom stereocenters. The Kier molecular flexibility index (Phi) is 21.6. The highest BCUT2D eigenvalue weighted by Gasteiger charge is 2.35. The number of aliphatic imine (C=N–C) groups is 3. The molecule has 1 saturated carbocycles. The van der Waals surface area contributed by atoms with Gasteiger partial charge in [-0.15, -0.1) is 5.10 Å². The van der Waals surface area contributed by atoms with Crippen molar-refractivity contribution in [1.29, 1.82) is 0 Å². The van der Waals surface area contributed by atoms with Crippen molar-refractivity contribution in [2.75, 3.05) is 56.4 Å². The number of pyridine rings is 2. The van der Waals surface area contributed by atoms with E-state index in [1.807, 2.05) is 53.7 Å². The summed E-state index contributed by atoms with van der Waals surface area (Å²) in [5, 5.41) is 4.36. The minimum absolute atomic E-state index is 0.00945. The topological polar surface area (TPSA) is 329 Å². The van der Waals surface area contributed by atoms with Gasteiger partial charge in [0.15, 0.2) is 17.3 Å². The standard InChI is InChI=1S/C26H29N5O6.C26H29N5O4S.C25H26N6O3/c1-4-8-30-24-18(25(33)31(9-5-2)26(30)34)12-19(27-24)20-13-23(28-29(20)3)35-14-17(32)10-16-6-7-21-22(11-16)37-15-36-21;1-3-12-31-25(32)22-17-23(27-24(22)28-26(31)33)19-6-10-21(11-7-19)36(34,35)30-15-13-29(14-16-30)20-8-4-18(2)5-9-20;1-4-11-30-22-19(24(33)31(25(30)34)18-8-9-18)12-20(28-22)16-7-10-21(27-13-16)29(3)23(32)17-6-5-15(2)26-14-17/h6-7,11,13H,4-5,8-10,12,14-15H2,1-3H3;4-11H,3,12-17H2,1-2H3,(H,28,33);5-7,10,13-14,18H,4,8-9,11-12H2,1-3H3. The number of piperazine rings is 1. The summed E-state index contributed by atoms with van der Waals surface area (Å²) in [6.45, 7) is 15.6. The Labute approximate surface area is 615 Å². The van der Waals surface area contributed by atoms with Crippen LogP contribution in [0.4, 0.5) is 29.0 Å². The minimum Gasteiger partial charge on any atom is -0.469 e. The second-order valence-corrected chi connectivity index (χ2v) is 29.1.